The van der Waals surface area contributed by atoms with Crippen molar-refractivity contribution in [3.63, 3.8) is 0 Å². The minimum absolute atomic E-state index is 0.313. The molecule has 1 aliphatic rings. The summed E-state index contributed by atoms with van der Waals surface area (Å²) in [5.74, 6) is -2.17. The zero-order valence-electron chi connectivity index (χ0n) is 13.3. The van der Waals surface area contributed by atoms with Crippen molar-refractivity contribution >= 4 is 11.9 Å². The molecule has 122 valence electrons. The van der Waals surface area contributed by atoms with Crippen molar-refractivity contribution in [1.82, 2.24) is 0 Å². The quantitative estimate of drug-likeness (QED) is 0.505. The van der Waals surface area contributed by atoms with Crippen molar-refractivity contribution in [2.75, 3.05) is 13.2 Å². The standard InChI is InChI=1S/C15H26O6/c1-5-7-9-18-13(16)11-12(21-15(3,4)20-11)14(17)19-10-8-6-2/h11-12H,5-10H2,1-4H3/t11-,12+. The third-order valence-corrected chi connectivity index (χ3v) is 3.05. The lowest BCUT2D eigenvalue weighted by molar-refractivity contribution is -0.173. The van der Waals surface area contributed by atoms with Crippen LogP contribution in [0.1, 0.15) is 53.4 Å². The number of carbonyl (C=O) groups excluding carboxylic acids is 2. The third-order valence-electron chi connectivity index (χ3n) is 3.05. The number of esters is 2. The van der Waals surface area contributed by atoms with Crippen molar-refractivity contribution in [2.45, 2.75) is 71.4 Å². The predicted octanol–water partition coefficient (Wildman–Crippen LogP) is 2.19. The molecule has 0 aromatic heterocycles. The van der Waals surface area contributed by atoms with Crippen molar-refractivity contribution in [3.05, 3.63) is 0 Å². The van der Waals surface area contributed by atoms with Gasteiger partial charge in [-0.25, -0.2) is 9.59 Å². The number of rotatable bonds is 8. The minimum Gasteiger partial charge on any atom is -0.464 e. The van der Waals surface area contributed by atoms with E-state index in [1.54, 1.807) is 13.8 Å². The molecular formula is C15H26O6. The lowest BCUT2D eigenvalue weighted by Crippen LogP contribution is -2.39. The Morgan fingerprint density at radius 2 is 1.29 bits per heavy atom. The lowest BCUT2D eigenvalue weighted by Gasteiger charge is -2.16. The average Bonchev–Trinajstić information content (AvgIpc) is 2.75. The molecule has 1 fully saturated rings. The molecule has 0 unspecified atom stereocenters. The first kappa shape index (κ1) is 17.9. The van der Waals surface area contributed by atoms with Gasteiger partial charge in [-0.3, -0.25) is 0 Å². The van der Waals surface area contributed by atoms with Crippen LogP contribution in [0.5, 0.6) is 0 Å². The zero-order valence-corrected chi connectivity index (χ0v) is 13.3. The molecule has 0 bridgehead atoms. The highest BCUT2D eigenvalue weighted by atomic mass is 16.8. The van der Waals surface area contributed by atoms with Gasteiger partial charge in [-0.1, -0.05) is 26.7 Å². The molecule has 21 heavy (non-hydrogen) atoms. The Hall–Kier alpha value is -1.14. The van der Waals surface area contributed by atoms with E-state index in [1.807, 2.05) is 13.8 Å². The molecule has 2 atom stereocenters. The van der Waals surface area contributed by atoms with Crippen molar-refractivity contribution < 1.29 is 28.5 Å². The fourth-order valence-corrected chi connectivity index (χ4v) is 1.90. The Kier molecular flexibility index (Phi) is 7.11. The van der Waals surface area contributed by atoms with Gasteiger partial charge < -0.3 is 18.9 Å². The summed E-state index contributed by atoms with van der Waals surface area (Å²) >= 11 is 0. The van der Waals surface area contributed by atoms with E-state index in [2.05, 4.69) is 0 Å². The molecule has 0 aliphatic carbocycles. The zero-order chi connectivity index (χ0) is 15.9. The fraction of sp³-hybridized carbons (Fsp3) is 0.867. The summed E-state index contributed by atoms with van der Waals surface area (Å²) in [5.41, 5.74) is 0. The maximum atomic E-state index is 12.0. The molecule has 1 saturated heterocycles. The van der Waals surface area contributed by atoms with Crippen LogP contribution in [0, 0.1) is 0 Å². The molecule has 1 rings (SSSR count). The second-order valence-electron chi connectivity index (χ2n) is 5.52. The van der Waals surface area contributed by atoms with Crippen LogP contribution in [0.25, 0.3) is 0 Å². The van der Waals surface area contributed by atoms with Crippen LogP contribution in [-0.4, -0.2) is 43.1 Å². The van der Waals surface area contributed by atoms with Crippen LogP contribution in [-0.2, 0) is 28.5 Å². The third kappa shape index (κ3) is 5.63. The van der Waals surface area contributed by atoms with E-state index in [-0.39, 0.29) is 0 Å². The average molecular weight is 302 g/mol. The van der Waals surface area contributed by atoms with Gasteiger partial charge >= 0.3 is 11.9 Å². The first-order chi connectivity index (χ1) is 9.91. The fourth-order valence-electron chi connectivity index (χ4n) is 1.90. The van der Waals surface area contributed by atoms with E-state index in [0.29, 0.717) is 13.2 Å². The summed E-state index contributed by atoms with van der Waals surface area (Å²) in [6.45, 7) is 7.93. The topological polar surface area (TPSA) is 71.1 Å². The summed E-state index contributed by atoms with van der Waals surface area (Å²) in [6.07, 6.45) is 1.26. The summed E-state index contributed by atoms with van der Waals surface area (Å²) in [4.78, 5) is 24.0. The molecule has 0 N–H and O–H groups in total. The highest BCUT2D eigenvalue weighted by molar-refractivity contribution is 5.86. The monoisotopic (exact) mass is 302 g/mol. The highest BCUT2D eigenvalue weighted by Crippen LogP contribution is 2.29. The first-order valence-corrected chi connectivity index (χ1v) is 7.60. The second kappa shape index (κ2) is 8.34. The number of hydrogen-bond acceptors (Lipinski definition) is 6. The Balaban J connectivity index is 2.61. The smallest absolute Gasteiger partial charge is 0.338 e. The molecule has 0 amide bonds. The highest BCUT2D eigenvalue weighted by Gasteiger charge is 2.50. The molecule has 0 aromatic carbocycles. The van der Waals surface area contributed by atoms with Gasteiger partial charge in [0.1, 0.15) is 0 Å². The Morgan fingerprint density at radius 1 is 0.905 bits per heavy atom. The van der Waals surface area contributed by atoms with Gasteiger partial charge in [-0.05, 0) is 26.7 Å². The predicted molar refractivity (Wildman–Crippen MR) is 75.6 cm³/mol. The minimum atomic E-state index is -1.06. The SMILES string of the molecule is CCCCOC(=O)[C@H]1OC(C)(C)O[C@H]1C(=O)OCCCC. The maximum absolute atomic E-state index is 12.0. The summed E-state index contributed by atoms with van der Waals surface area (Å²) in [5, 5.41) is 0. The van der Waals surface area contributed by atoms with Gasteiger partial charge in [0.05, 0.1) is 13.2 Å². The summed E-state index contributed by atoms with van der Waals surface area (Å²) in [7, 11) is 0. The van der Waals surface area contributed by atoms with Crippen LogP contribution in [0.3, 0.4) is 0 Å². The van der Waals surface area contributed by atoms with Crippen LogP contribution in [0.15, 0.2) is 0 Å². The van der Waals surface area contributed by atoms with Gasteiger partial charge in [0.25, 0.3) is 0 Å². The van der Waals surface area contributed by atoms with Gasteiger partial charge in [0.15, 0.2) is 18.0 Å². The number of carbonyl (C=O) groups is 2. The molecule has 6 nitrogen and oxygen atoms in total. The van der Waals surface area contributed by atoms with Gasteiger partial charge in [-0.2, -0.15) is 0 Å². The lowest BCUT2D eigenvalue weighted by atomic mass is 10.2. The van der Waals surface area contributed by atoms with E-state index in [4.69, 9.17) is 18.9 Å². The molecule has 0 spiro atoms. The Morgan fingerprint density at radius 3 is 1.62 bits per heavy atom. The van der Waals surface area contributed by atoms with Gasteiger partial charge in [0, 0.05) is 0 Å². The van der Waals surface area contributed by atoms with Crippen LogP contribution < -0.4 is 0 Å². The summed E-state index contributed by atoms with van der Waals surface area (Å²) < 4.78 is 21.2. The molecule has 0 aromatic rings. The van der Waals surface area contributed by atoms with Crippen molar-refractivity contribution in [2.24, 2.45) is 0 Å². The van der Waals surface area contributed by atoms with Crippen molar-refractivity contribution in [3.8, 4) is 0 Å². The molecule has 1 aliphatic heterocycles. The van der Waals surface area contributed by atoms with Gasteiger partial charge in [-0.15, -0.1) is 0 Å². The maximum Gasteiger partial charge on any atom is 0.338 e. The largest absolute Gasteiger partial charge is 0.464 e. The first-order valence-electron chi connectivity index (χ1n) is 7.60. The molecule has 1 heterocycles. The van der Waals surface area contributed by atoms with E-state index < -0.39 is 29.9 Å². The molecule has 6 heteroatoms. The van der Waals surface area contributed by atoms with E-state index in [1.165, 1.54) is 0 Å². The molecule has 0 radical (unpaired) electrons. The number of ether oxygens (including phenoxy) is 4. The molecular weight excluding hydrogens is 276 g/mol. The Labute approximate surface area is 126 Å². The number of hydrogen-bond donors (Lipinski definition) is 0. The molecule has 0 saturated carbocycles. The summed E-state index contributed by atoms with van der Waals surface area (Å²) in [6, 6.07) is 0. The van der Waals surface area contributed by atoms with E-state index >= 15 is 0 Å². The van der Waals surface area contributed by atoms with Crippen LogP contribution in [0.2, 0.25) is 0 Å². The Bertz CT molecular complexity index is 320. The van der Waals surface area contributed by atoms with Crippen LogP contribution in [0.4, 0.5) is 0 Å². The van der Waals surface area contributed by atoms with E-state index in [9.17, 15) is 9.59 Å². The van der Waals surface area contributed by atoms with Crippen LogP contribution >= 0.6 is 0 Å². The van der Waals surface area contributed by atoms with Gasteiger partial charge in [0.2, 0.25) is 0 Å². The second-order valence-corrected chi connectivity index (χ2v) is 5.52. The van der Waals surface area contributed by atoms with E-state index in [0.717, 1.165) is 25.7 Å². The van der Waals surface area contributed by atoms with Crippen molar-refractivity contribution in [1.29, 1.82) is 0 Å². The normalized spacial score (nSPS) is 23.8. The number of unbranched alkanes of at least 4 members (excludes halogenated alkanes) is 2.